The van der Waals surface area contributed by atoms with E-state index in [1.807, 2.05) is 0 Å². The van der Waals surface area contributed by atoms with Crippen molar-refractivity contribution in [1.82, 2.24) is 5.32 Å². The van der Waals surface area contributed by atoms with Gasteiger partial charge in [-0.15, -0.1) is 0 Å². The van der Waals surface area contributed by atoms with Crippen LogP contribution < -0.4 is 5.32 Å². The highest BCUT2D eigenvalue weighted by atomic mass is 16.5. The molecule has 0 rings (SSSR count). The van der Waals surface area contributed by atoms with Crippen molar-refractivity contribution in [2.24, 2.45) is 0 Å². The summed E-state index contributed by atoms with van der Waals surface area (Å²) in [5.74, 6) is -0.494. The van der Waals surface area contributed by atoms with Crippen LogP contribution in [0.2, 0.25) is 0 Å². The van der Waals surface area contributed by atoms with Gasteiger partial charge in [-0.2, -0.15) is 0 Å². The highest BCUT2D eigenvalue weighted by Crippen LogP contribution is 2.17. The molecule has 3 atom stereocenters. The van der Waals surface area contributed by atoms with Gasteiger partial charge < -0.3 is 20.3 Å². The lowest BCUT2D eigenvalue weighted by Gasteiger charge is -2.24. The molecular weight excluding hydrogens is 683 g/mol. The Morgan fingerprint density at radius 2 is 0.891 bits per heavy atom. The second-order valence-corrected chi connectivity index (χ2v) is 16.5. The predicted molar refractivity (Wildman–Crippen MR) is 236 cm³/mol. The van der Waals surface area contributed by atoms with Crippen LogP contribution in [-0.2, 0) is 14.3 Å². The number of unbranched alkanes of at least 4 members (excludes halogenated alkanes) is 27. The number of carbonyl (C=O) groups is 2. The van der Waals surface area contributed by atoms with Crippen molar-refractivity contribution in [3.05, 3.63) is 24.3 Å². The summed E-state index contributed by atoms with van der Waals surface area (Å²) in [5, 5.41) is 23.6. The molecule has 0 saturated carbocycles. The fourth-order valence-electron chi connectivity index (χ4n) is 7.29. The van der Waals surface area contributed by atoms with Crippen LogP contribution in [0.4, 0.5) is 0 Å². The molecule has 324 valence electrons. The molecule has 6 heteroatoms. The van der Waals surface area contributed by atoms with Crippen LogP contribution in [0, 0.1) is 0 Å². The van der Waals surface area contributed by atoms with E-state index in [-0.39, 0.29) is 24.9 Å². The van der Waals surface area contributed by atoms with Crippen molar-refractivity contribution >= 4 is 11.9 Å². The minimum atomic E-state index is -0.787. The number of esters is 1. The van der Waals surface area contributed by atoms with Gasteiger partial charge in [-0.25, -0.2) is 0 Å². The average Bonchev–Trinajstić information content (AvgIpc) is 3.18. The first kappa shape index (κ1) is 53.3. The molecule has 0 aliphatic carbocycles. The van der Waals surface area contributed by atoms with Crippen molar-refractivity contribution in [3.63, 3.8) is 0 Å². The number of amides is 1. The smallest absolute Gasteiger partial charge is 0.306 e. The van der Waals surface area contributed by atoms with E-state index in [0.29, 0.717) is 19.3 Å². The van der Waals surface area contributed by atoms with Gasteiger partial charge in [0.05, 0.1) is 25.2 Å². The number of carbonyl (C=O) groups excluding carboxylic acids is 2. The monoisotopic (exact) mass is 776 g/mol. The molecule has 0 aliphatic heterocycles. The van der Waals surface area contributed by atoms with E-state index in [0.717, 1.165) is 70.6 Å². The molecule has 0 fully saturated rings. The molecule has 55 heavy (non-hydrogen) atoms. The number of allylic oxidation sites excluding steroid dienone is 4. The van der Waals surface area contributed by atoms with Gasteiger partial charge >= 0.3 is 5.97 Å². The topological polar surface area (TPSA) is 95.9 Å². The molecule has 6 nitrogen and oxygen atoms in total. The Kier molecular flexibility index (Phi) is 42.2. The van der Waals surface area contributed by atoms with Gasteiger partial charge in [0.15, 0.2) is 0 Å². The summed E-state index contributed by atoms with van der Waals surface area (Å²) < 4.78 is 5.90. The largest absolute Gasteiger partial charge is 0.462 e. The number of rotatable bonds is 43. The maximum Gasteiger partial charge on any atom is 0.306 e. The van der Waals surface area contributed by atoms with E-state index in [2.05, 4.69) is 50.4 Å². The number of aliphatic hydroxyl groups is 2. The molecule has 3 unspecified atom stereocenters. The number of aliphatic hydroxyl groups excluding tert-OH is 2. The van der Waals surface area contributed by atoms with Crippen LogP contribution >= 0.6 is 0 Å². The molecule has 0 aliphatic rings. The Hall–Kier alpha value is -1.66. The van der Waals surface area contributed by atoms with E-state index in [9.17, 15) is 19.8 Å². The van der Waals surface area contributed by atoms with Gasteiger partial charge in [0, 0.05) is 6.42 Å². The van der Waals surface area contributed by atoms with E-state index in [1.54, 1.807) is 0 Å². The zero-order valence-electron chi connectivity index (χ0n) is 36.8. The average molecular weight is 776 g/mol. The lowest BCUT2D eigenvalue weighted by Crippen LogP contribution is -2.46. The second-order valence-electron chi connectivity index (χ2n) is 16.5. The highest BCUT2D eigenvalue weighted by molar-refractivity contribution is 5.77. The summed E-state index contributed by atoms with van der Waals surface area (Å²) in [4.78, 5) is 26.0. The number of hydrogen-bond donors (Lipinski definition) is 3. The van der Waals surface area contributed by atoms with E-state index < -0.39 is 18.2 Å². The molecule has 0 aromatic heterocycles. The third-order valence-corrected chi connectivity index (χ3v) is 11.0. The van der Waals surface area contributed by atoms with E-state index in [1.165, 1.54) is 135 Å². The fourth-order valence-corrected chi connectivity index (χ4v) is 7.29. The molecule has 0 aromatic carbocycles. The summed E-state index contributed by atoms with van der Waals surface area (Å²) in [6.45, 7) is 6.42. The van der Waals surface area contributed by atoms with Crippen molar-refractivity contribution in [1.29, 1.82) is 0 Å². The van der Waals surface area contributed by atoms with Crippen molar-refractivity contribution < 1.29 is 24.5 Å². The molecule has 0 saturated heterocycles. The molecule has 0 bridgehead atoms. The first-order valence-electron chi connectivity index (χ1n) is 24.1. The molecule has 0 radical (unpaired) electrons. The van der Waals surface area contributed by atoms with Gasteiger partial charge in [0.2, 0.25) is 5.91 Å². The molecule has 0 heterocycles. The summed E-state index contributed by atoms with van der Waals surface area (Å²) in [6, 6.07) is -0.702. The molecule has 0 aromatic rings. The summed E-state index contributed by atoms with van der Waals surface area (Å²) in [5.41, 5.74) is 0. The van der Waals surface area contributed by atoms with Crippen LogP contribution in [0.15, 0.2) is 24.3 Å². The van der Waals surface area contributed by atoms with E-state index >= 15 is 0 Å². The Bertz CT molecular complexity index is 873. The van der Waals surface area contributed by atoms with Gasteiger partial charge in [0.1, 0.15) is 6.10 Å². The zero-order chi connectivity index (χ0) is 40.3. The fraction of sp³-hybridized carbons (Fsp3) is 0.878. The first-order valence-corrected chi connectivity index (χ1v) is 24.1. The number of ether oxygens (including phenoxy) is 1. The van der Waals surface area contributed by atoms with Crippen LogP contribution in [-0.4, -0.2) is 46.9 Å². The standard InChI is InChI=1S/C49H93NO5/c1-4-7-10-13-16-19-21-22-23-24-25-27-29-31-34-37-40-45(55-49(54)42-39-36-33-30-26-20-17-14-11-8-5-2)43-48(53)50-46(44-51)47(52)41-38-35-32-28-18-15-12-9-6-3/h14,17,25,27,45-47,51-52H,4-13,15-16,18-24,26,28-44H2,1-3H3,(H,50,53)/b17-14-,27-25+. The Morgan fingerprint density at radius 3 is 1.36 bits per heavy atom. The predicted octanol–water partition coefficient (Wildman–Crippen LogP) is 14.0. The Labute approximate surface area is 341 Å². The van der Waals surface area contributed by atoms with Crippen LogP contribution in [0.5, 0.6) is 0 Å². The molecule has 1 amide bonds. The van der Waals surface area contributed by atoms with Gasteiger partial charge in [-0.05, 0) is 70.6 Å². The maximum atomic E-state index is 13.1. The van der Waals surface area contributed by atoms with Gasteiger partial charge in [-0.1, -0.05) is 193 Å². The van der Waals surface area contributed by atoms with Crippen LogP contribution in [0.25, 0.3) is 0 Å². The maximum absolute atomic E-state index is 13.1. The lowest BCUT2D eigenvalue weighted by atomic mass is 10.0. The van der Waals surface area contributed by atoms with Crippen LogP contribution in [0.3, 0.4) is 0 Å². The third kappa shape index (κ3) is 39.0. The SMILES string of the molecule is CCCC/C=C\CCCCCCCC(=O)OC(CCCCC/C=C/CCCCCCCCCCC)CC(=O)NC(CO)C(O)CCCCCCCCCCC. The number of nitrogens with one attached hydrogen (secondary N) is 1. The molecular formula is C49H93NO5. The third-order valence-electron chi connectivity index (χ3n) is 11.0. The Balaban J connectivity index is 4.60. The lowest BCUT2D eigenvalue weighted by molar-refractivity contribution is -0.151. The zero-order valence-corrected chi connectivity index (χ0v) is 36.8. The molecule has 3 N–H and O–H groups in total. The van der Waals surface area contributed by atoms with Crippen molar-refractivity contribution in [2.75, 3.05) is 6.61 Å². The van der Waals surface area contributed by atoms with Crippen molar-refractivity contribution in [2.45, 2.75) is 270 Å². The highest BCUT2D eigenvalue weighted by Gasteiger charge is 2.24. The second kappa shape index (κ2) is 43.5. The molecule has 0 spiro atoms. The first-order chi connectivity index (χ1) is 27.0. The minimum absolute atomic E-state index is 0.0669. The normalized spacial score (nSPS) is 13.5. The summed E-state index contributed by atoms with van der Waals surface area (Å²) >= 11 is 0. The quantitative estimate of drug-likeness (QED) is 0.0326. The van der Waals surface area contributed by atoms with Crippen LogP contribution in [0.1, 0.15) is 252 Å². The summed E-state index contributed by atoms with van der Waals surface area (Å²) in [6.07, 6.45) is 48.1. The number of hydrogen-bond acceptors (Lipinski definition) is 5. The van der Waals surface area contributed by atoms with Crippen molar-refractivity contribution in [3.8, 4) is 0 Å². The summed E-state index contributed by atoms with van der Waals surface area (Å²) in [7, 11) is 0. The van der Waals surface area contributed by atoms with Gasteiger partial charge in [-0.3, -0.25) is 9.59 Å². The van der Waals surface area contributed by atoms with Gasteiger partial charge in [0.25, 0.3) is 0 Å². The van der Waals surface area contributed by atoms with E-state index in [4.69, 9.17) is 4.74 Å². The minimum Gasteiger partial charge on any atom is -0.462 e. The Morgan fingerprint density at radius 1 is 0.509 bits per heavy atom.